The summed E-state index contributed by atoms with van der Waals surface area (Å²) in [6.45, 7) is 1.77. The number of benzene rings is 1. The molecule has 0 fully saturated rings. The van der Waals surface area contributed by atoms with Gasteiger partial charge in [-0.2, -0.15) is 4.98 Å². The van der Waals surface area contributed by atoms with E-state index in [0.29, 0.717) is 39.7 Å². The number of aromatic nitrogens is 5. The largest absolute Gasteiger partial charge is 0.392 e. The van der Waals surface area contributed by atoms with E-state index in [4.69, 9.17) is 11.6 Å². The van der Waals surface area contributed by atoms with Crippen LogP contribution >= 0.6 is 11.6 Å². The van der Waals surface area contributed by atoms with Crippen molar-refractivity contribution in [1.29, 1.82) is 0 Å². The molecular formula is C21H18ClN7O. The van der Waals surface area contributed by atoms with E-state index >= 15 is 0 Å². The summed E-state index contributed by atoms with van der Waals surface area (Å²) in [6.07, 6.45) is 3.30. The molecule has 0 aliphatic carbocycles. The van der Waals surface area contributed by atoms with Crippen LogP contribution in [0.2, 0.25) is 5.02 Å². The summed E-state index contributed by atoms with van der Waals surface area (Å²) in [4.78, 5) is 22.0. The number of pyridine rings is 1. The Hall–Kier alpha value is -3.62. The van der Waals surface area contributed by atoms with Crippen molar-refractivity contribution in [3.8, 4) is 11.5 Å². The van der Waals surface area contributed by atoms with Gasteiger partial charge in [-0.15, -0.1) is 0 Å². The third-order valence-corrected chi connectivity index (χ3v) is 4.53. The normalized spacial score (nSPS) is 10.6. The lowest BCUT2D eigenvalue weighted by Gasteiger charge is -2.10. The van der Waals surface area contributed by atoms with Gasteiger partial charge in [0.1, 0.15) is 17.3 Å². The lowest BCUT2D eigenvalue weighted by molar-refractivity contribution is 0.282. The van der Waals surface area contributed by atoms with E-state index in [0.717, 1.165) is 11.4 Å². The van der Waals surface area contributed by atoms with E-state index in [1.54, 1.807) is 42.7 Å². The molecule has 8 nitrogen and oxygen atoms in total. The Labute approximate surface area is 178 Å². The number of hydrogen-bond acceptors (Lipinski definition) is 8. The van der Waals surface area contributed by atoms with Crippen LogP contribution in [0.1, 0.15) is 11.3 Å². The van der Waals surface area contributed by atoms with E-state index in [-0.39, 0.29) is 6.61 Å². The summed E-state index contributed by atoms with van der Waals surface area (Å²) in [7, 11) is 0. The Balaban J connectivity index is 1.53. The molecule has 0 aliphatic heterocycles. The maximum Gasteiger partial charge on any atom is 0.229 e. The van der Waals surface area contributed by atoms with Crippen molar-refractivity contribution >= 4 is 34.9 Å². The van der Waals surface area contributed by atoms with Crippen LogP contribution in [0.25, 0.3) is 11.5 Å². The molecule has 30 heavy (non-hydrogen) atoms. The molecule has 3 aromatic heterocycles. The number of aryl methyl sites for hydroxylation is 1. The molecule has 0 spiro atoms. The molecule has 4 rings (SSSR count). The fourth-order valence-corrected chi connectivity index (χ4v) is 2.92. The lowest BCUT2D eigenvalue weighted by Crippen LogP contribution is -2.03. The van der Waals surface area contributed by atoms with Gasteiger partial charge in [0.15, 0.2) is 5.82 Å². The fraction of sp³-hybridized carbons (Fsp3) is 0.0952. The average molecular weight is 420 g/mol. The summed E-state index contributed by atoms with van der Waals surface area (Å²) in [6, 6.07) is 14.4. The Morgan fingerprint density at radius 3 is 2.50 bits per heavy atom. The predicted octanol–water partition coefficient (Wildman–Crippen LogP) is 4.27. The quantitative estimate of drug-likeness (QED) is 0.425. The highest BCUT2D eigenvalue weighted by atomic mass is 35.5. The maximum atomic E-state index is 9.37. The number of nitrogens with zero attached hydrogens (tertiary/aromatic N) is 5. The maximum absolute atomic E-state index is 9.37. The van der Waals surface area contributed by atoms with E-state index in [2.05, 4.69) is 35.6 Å². The summed E-state index contributed by atoms with van der Waals surface area (Å²) in [5.74, 6) is 2.06. The van der Waals surface area contributed by atoms with Gasteiger partial charge in [0, 0.05) is 28.8 Å². The van der Waals surface area contributed by atoms with Crippen molar-refractivity contribution in [2.45, 2.75) is 13.5 Å². The first-order valence-electron chi connectivity index (χ1n) is 9.14. The van der Waals surface area contributed by atoms with Crippen LogP contribution in [-0.4, -0.2) is 30.0 Å². The third-order valence-electron chi connectivity index (χ3n) is 4.16. The van der Waals surface area contributed by atoms with E-state index in [1.165, 1.54) is 0 Å². The molecule has 0 atom stereocenters. The van der Waals surface area contributed by atoms with Crippen LogP contribution in [0, 0.1) is 6.92 Å². The molecule has 3 N–H and O–H groups in total. The Kier molecular flexibility index (Phi) is 5.78. The van der Waals surface area contributed by atoms with Gasteiger partial charge >= 0.3 is 0 Å². The minimum atomic E-state index is -0.150. The predicted molar refractivity (Wildman–Crippen MR) is 116 cm³/mol. The number of nitrogens with one attached hydrogen (secondary N) is 2. The minimum absolute atomic E-state index is 0.150. The van der Waals surface area contributed by atoms with Crippen molar-refractivity contribution in [3.63, 3.8) is 0 Å². The molecule has 150 valence electrons. The monoisotopic (exact) mass is 419 g/mol. The number of halogens is 1. The van der Waals surface area contributed by atoms with Crippen molar-refractivity contribution in [2.24, 2.45) is 0 Å². The van der Waals surface area contributed by atoms with Gasteiger partial charge in [0.05, 0.1) is 6.61 Å². The first-order chi connectivity index (χ1) is 14.6. The highest BCUT2D eigenvalue weighted by molar-refractivity contribution is 6.31. The standard InChI is InChI=1S/C21H18ClN7O/c1-13-3-2-4-17(25-13)20-23-9-7-18(28-20)27-19-8-10-24-21(29-19)26-15-5-6-16(22)14(11-15)12-30/h2-11,30H,12H2,1H3,(H2,23,24,26,27,28,29). The van der Waals surface area contributed by atoms with Gasteiger partial charge in [-0.25, -0.2) is 19.9 Å². The zero-order chi connectivity index (χ0) is 20.9. The first kappa shape index (κ1) is 19.7. The van der Waals surface area contributed by atoms with Crippen LogP contribution < -0.4 is 10.6 Å². The topological polar surface area (TPSA) is 109 Å². The Morgan fingerprint density at radius 1 is 0.900 bits per heavy atom. The molecular weight excluding hydrogens is 402 g/mol. The number of anilines is 4. The van der Waals surface area contributed by atoms with Crippen molar-refractivity contribution in [3.05, 3.63) is 77.2 Å². The van der Waals surface area contributed by atoms with Gasteiger partial charge < -0.3 is 15.7 Å². The van der Waals surface area contributed by atoms with Crippen LogP contribution in [-0.2, 0) is 6.61 Å². The second kappa shape index (κ2) is 8.81. The molecule has 0 bridgehead atoms. The smallest absolute Gasteiger partial charge is 0.229 e. The minimum Gasteiger partial charge on any atom is -0.392 e. The highest BCUT2D eigenvalue weighted by Crippen LogP contribution is 2.23. The van der Waals surface area contributed by atoms with Gasteiger partial charge in [0.25, 0.3) is 0 Å². The van der Waals surface area contributed by atoms with Crippen LogP contribution in [0.3, 0.4) is 0 Å². The second-order valence-corrected chi connectivity index (χ2v) is 6.82. The Morgan fingerprint density at radius 2 is 1.70 bits per heavy atom. The fourth-order valence-electron chi connectivity index (χ4n) is 2.74. The molecule has 9 heteroatoms. The molecule has 0 radical (unpaired) electrons. The SMILES string of the molecule is Cc1cccc(-c2nccc(Nc3ccnc(Nc4ccc(Cl)c(CO)c4)n3)n2)n1. The first-order valence-corrected chi connectivity index (χ1v) is 9.52. The zero-order valence-corrected chi connectivity index (χ0v) is 16.8. The zero-order valence-electron chi connectivity index (χ0n) is 16.0. The summed E-state index contributed by atoms with van der Waals surface area (Å²) in [5, 5.41) is 16.1. The molecule has 0 saturated heterocycles. The molecule has 0 saturated carbocycles. The second-order valence-electron chi connectivity index (χ2n) is 6.41. The van der Waals surface area contributed by atoms with Crippen molar-refractivity contribution < 1.29 is 5.11 Å². The molecule has 0 unspecified atom stereocenters. The lowest BCUT2D eigenvalue weighted by atomic mass is 10.2. The Bertz CT molecular complexity index is 1190. The molecule has 1 aromatic carbocycles. The molecule has 3 heterocycles. The number of rotatable bonds is 6. The van der Waals surface area contributed by atoms with Crippen LogP contribution in [0.5, 0.6) is 0 Å². The van der Waals surface area contributed by atoms with Crippen LogP contribution in [0.4, 0.5) is 23.3 Å². The van der Waals surface area contributed by atoms with Gasteiger partial charge in [-0.05, 0) is 55.0 Å². The summed E-state index contributed by atoms with van der Waals surface area (Å²) < 4.78 is 0. The van der Waals surface area contributed by atoms with Crippen molar-refractivity contribution in [1.82, 2.24) is 24.9 Å². The molecule has 0 aliphatic rings. The van der Waals surface area contributed by atoms with Crippen molar-refractivity contribution in [2.75, 3.05) is 10.6 Å². The van der Waals surface area contributed by atoms with E-state index in [9.17, 15) is 5.11 Å². The average Bonchev–Trinajstić information content (AvgIpc) is 2.75. The van der Waals surface area contributed by atoms with E-state index in [1.807, 2.05) is 25.1 Å². The highest BCUT2D eigenvalue weighted by Gasteiger charge is 2.07. The number of aliphatic hydroxyl groups is 1. The number of hydrogen-bond donors (Lipinski definition) is 3. The van der Waals surface area contributed by atoms with Gasteiger partial charge in [-0.3, -0.25) is 0 Å². The van der Waals surface area contributed by atoms with Gasteiger partial charge in [-0.1, -0.05) is 17.7 Å². The molecule has 0 amide bonds. The van der Waals surface area contributed by atoms with Crippen LogP contribution in [0.15, 0.2) is 60.9 Å². The van der Waals surface area contributed by atoms with E-state index < -0.39 is 0 Å². The molecule has 4 aromatic rings. The summed E-state index contributed by atoms with van der Waals surface area (Å²) in [5.41, 5.74) is 2.93. The third kappa shape index (κ3) is 4.68. The summed E-state index contributed by atoms with van der Waals surface area (Å²) >= 11 is 6.03. The number of aliphatic hydroxyl groups excluding tert-OH is 1. The van der Waals surface area contributed by atoms with Gasteiger partial charge in [0.2, 0.25) is 5.95 Å².